The van der Waals surface area contributed by atoms with Gasteiger partial charge < -0.3 is 9.80 Å². The van der Waals surface area contributed by atoms with Crippen LogP contribution in [-0.4, -0.2) is 53.6 Å². The van der Waals surface area contributed by atoms with E-state index in [0.29, 0.717) is 50.3 Å². The largest absolute Gasteiger partial charge is 0.331 e. The van der Waals surface area contributed by atoms with Crippen LogP contribution in [0.3, 0.4) is 0 Å². The molecule has 6 heteroatoms. The average molecular weight is 458 g/mol. The Morgan fingerprint density at radius 3 is 2.38 bits per heavy atom. The number of carbonyl (C=O) groups is 3. The molecule has 2 amide bonds. The van der Waals surface area contributed by atoms with Crippen LogP contribution in [0.1, 0.15) is 51.6 Å². The van der Waals surface area contributed by atoms with E-state index in [0.717, 1.165) is 29.8 Å². The fraction of sp³-hybridized carbons (Fsp3) is 0.321. The van der Waals surface area contributed by atoms with Crippen molar-refractivity contribution in [2.75, 3.05) is 31.1 Å². The molecule has 2 aromatic carbocycles. The summed E-state index contributed by atoms with van der Waals surface area (Å²) in [5, 5.41) is 0. The number of anilines is 1. The topological polar surface area (TPSA) is 60.9 Å². The highest BCUT2D eigenvalue weighted by Gasteiger charge is 2.27. The summed E-state index contributed by atoms with van der Waals surface area (Å²) in [5.74, 6) is 0.121. The predicted molar refractivity (Wildman–Crippen MR) is 134 cm³/mol. The highest BCUT2D eigenvalue weighted by atomic mass is 16.2. The zero-order valence-electron chi connectivity index (χ0n) is 19.7. The molecule has 4 rings (SSSR count). The van der Waals surface area contributed by atoms with Crippen LogP contribution in [0.2, 0.25) is 0 Å². The maximum absolute atomic E-state index is 13.3. The third-order valence-corrected chi connectivity index (χ3v) is 6.36. The van der Waals surface area contributed by atoms with E-state index in [1.54, 1.807) is 9.80 Å². The molecule has 0 aromatic heterocycles. The molecule has 0 spiro atoms. The molecule has 2 aromatic rings. The van der Waals surface area contributed by atoms with Crippen molar-refractivity contribution < 1.29 is 14.4 Å². The Labute approximate surface area is 201 Å². The Bertz CT molecular complexity index is 1110. The van der Waals surface area contributed by atoms with E-state index in [1.165, 1.54) is 0 Å². The van der Waals surface area contributed by atoms with Crippen molar-refractivity contribution in [1.82, 2.24) is 9.80 Å². The van der Waals surface area contributed by atoms with Gasteiger partial charge in [-0.1, -0.05) is 37.3 Å². The highest BCUT2D eigenvalue weighted by molar-refractivity contribution is 5.99. The van der Waals surface area contributed by atoms with Gasteiger partial charge in [0.2, 0.25) is 5.91 Å². The monoisotopic (exact) mass is 457 g/mol. The van der Waals surface area contributed by atoms with Crippen LogP contribution in [-0.2, 0) is 17.9 Å². The summed E-state index contributed by atoms with van der Waals surface area (Å²) < 4.78 is 0. The third kappa shape index (κ3) is 5.18. The molecule has 0 saturated heterocycles. The van der Waals surface area contributed by atoms with Crippen molar-refractivity contribution >= 4 is 23.3 Å². The number of benzene rings is 2. The fourth-order valence-corrected chi connectivity index (χ4v) is 4.43. The second-order valence-corrected chi connectivity index (χ2v) is 8.77. The molecule has 2 heterocycles. The maximum atomic E-state index is 13.3. The van der Waals surface area contributed by atoms with Crippen molar-refractivity contribution in [3.05, 3.63) is 89.5 Å². The summed E-state index contributed by atoms with van der Waals surface area (Å²) in [7, 11) is 0. The van der Waals surface area contributed by atoms with E-state index in [9.17, 15) is 14.4 Å². The summed E-state index contributed by atoms with van der Waals surface area (Å²) in [6, 6.07) is 13.1. The molecule has 34 heavy (non-hydrogen) atoms. The maximum Gasteiger partial charge on any atom is 0.254 e. The number of amides is 2. The van der Waals surface area contributed by atoms with E-state index in [-0.39, 0.29) is 17.6 Å². The molecule has 0 unspecified atom stereocenters. The molecule has 176 valence electrons. The predicted octanol–water partition coefficient (Wildman–Crippen LogP) is 4.22. The van der Waals surface area contributed by atoms with E-state index in [4.69, 9.17) is 0 Å². The first-order valence-electron chi connectivity index (χ1n) is 11.8. The Balaban J connectivity index is 1.59. The lowest BCUT2D eigenvalue weighted by Gasteiger charge is -2.24. The molecule has 0 atom stereocenters. The number of carbonyl (C=O) groups excluding carboxylic acids is 3. The molecule has 2 aliphatic rings. The minimum Gasteiger partial charge on any atom is -0.331 e. The van der Waals surface area contributed by atoms with Gasteiger partial charge in [0.25, 0.3) is 5.91 Å². The minimum atomic E-state index is 0.0127. The normalized spacial score (nSPS) is 15.9. The van der Waals surface area contributed by atoms with Crippen molar-refractivity contribution in [1.29, 1.82) is 0 Å². The van der Waals surface area contributed by atoms with Gasteiger partial charge in [0.05, 0.1) is 13.1 Å². The van der Waals surface area contributed by atoms with Crippen LogP contribution in [0.25, 0.3) is 0 Å². The van der Waals surface area contributed by atoms with E-state index >= 15 is 0 Å². The molecule has 0 saturated carbocycles. The summed E-state index contributed by atoms with van der Waals surface area (Å²) >= 11 is 0. The second-order valence-electron chi connectivity index (χ2n) is 8.77. The van der Waals surface area contributed by atoms with Crippen LogP contribution >= 0.6 is 0 Å². The molecule has 0 fully saturated rings. The Kier molecular flexibility index (Phi) is 7.38. The van der Waals surface area contributed by atoms with Crippen LogP contribution in [0.5, 0.6) is 0 Å². The molecule has 6 nitrogen and oxygen atoms in total. The molecular weight excluding hydrogens is 426 g/mol. The zero-order valence-corrected chi connectivity index (χ0v) is 19.7. The number of Topliss-reactive ketones (excluding diaryl/α,β-unsaturated/α-hetero) is 1. The van der Waals surface area contributed by atoms with E-state index in [2.05, 4.69) is 11.5 Å². The lowest BCUT2D eigenvalue weighted by molar-refractivity contribution is -0.119. The van der Waals surface area contributed by atoms with Gasteiger partial charge in [-0.05, 0) is 47.9 Å². The first-order valence-corrected chi connectivity index (χ1v) is 11.8. The Hall–Kier alpha value is -3.51. The van der Waals surface area contributed by atoms with Gasteiger partial charge in [0, 0.05) is 49.4 Å². The van der Waals surface area contributed by atoms with E-state index in [1.807, 2.05) is 67.6 Å². The minimum absolute atomic E-state index is 0.0127. The summed E-state index contributed by atoms with van der Waals surface area (Å²) in [5.41, 5.74) is 4.08. The molecule has 0 aliphatic carbocycles. The summed E-state index contributed by atoms with van der Waals surface area (Å²) in [6.07, 6.45) is 7.07. The van der Waals surface area contributed by atoms with Crippen molar-refractivity contribution in [3.63, 3.8) is 0 Å². The van der Waals surface area contributed by atoms with Crippen LogP contribution in [0.4, 0.5) is 5.69 Å². The smallest absolute Gasteiger partial charge is 0.254 e. The number of rotatable bonds is 8. The molecule has 0 bridgehead atoms. The molecular formula is C28H31N3O3. The van der Waals surface area contributed by atoms with Gasteiger partial charge in [-0.15, -0.1) is 6.58 Å². The third-order valence-electron chi connectivity index (χ3n) is 6.36. The lowest BCUT2D eigenvalue weighted by Crippen LogP contribution is -2.37. The standard InChI is InChI=1S/C28H31N3O3/c1-3-5-14-29-19-24-17-23(26(32)4-2)12-13-25(24)31(27(33)20-29)18-21-8-10-22(11-9-21)28(34)30-15-6-7-16-30/h3,6-13,17H,1,4-5,14-16,18-20H2,2H3. The van der Waals surface area contributed by atoms with Crippen molar-refractivity contribution in [2.24, 2.45) is 0 Å². The lowest BCUT2D eigenvalue weighted by atomic mass is 10.0. The van der Waals surface area contributed by atoms with Gasteiger partial charge in [-0.3, -0.25) is 19.3 Å². The quantitative estimate of drug-likeness (QED) is 0.440. The summed E-state index contributed by atoms with van der Waals surface area (Å²) in [6.45, 7) is 8.99. The molecule has 2 aliphatic heterocycles. The number of hydrogen-bond acceptors (Lipinski definition) is 4. The van der Waals surface area contributed by atoms with Crippen LogP contribution in [0, 0.1) is 0 Å². The average Bonchev–Trinajstić information content (AvgIpc) is 3.36. The van der Waals surface area contributed by atoms with Gasteiger partial charge in [-0.2, -0.15) is 0 Å². The Morgan fingerprint density at radius 2 is 1.71 bits per heavy atom. The number of hydrogen-bond donors (Lipinski definition) is 0. The van der Waals surface area contributed by atoms with Crippen molar-refractivity contribution in [2.45, 2.75) is 32.9 Å². The second kappa shape index (κ2) is 10.6. The number of ketones is 1. The van der Waals surface area contributed by atoms with Gasteiger partial charge in [0.15, 0.2) is 5.78 Å². The SMILES string of the molecule is C=CCCN1CC(=O)N(Cc2ccc(C(=O)N3CC=CC3)cc2)c2ccc(C(=O)CC)cc2C1. The number of fused-ring (bicyclic) bond motifs is 1. The zero-order chi connectivity index (χ0) is 24.1. The van der Waals surface area contributed by atoms with Gasteiger partial charge in [0.1, 0.15) is 0 Å². The van der Waals surface area contributed by atoms with E-state index < -0.39 is 0 Å². The van der Waals surface area contributed by atoms with Crippen LogP contribution in [0.15, 0.2) is 67.3 Å². The summed E-state index contributed by atoms with van der Waals surface area (Å²) in [4.78, 5) is 43.9. The molecule has 0 N–H and O–H groups in total. The number of nitrogens with zero attached hydrogens (tertiary/aromatic N) is 3. The van der Waals surface area contributed by atoms with Crippen molar-refractivity contribution in [3.8, 4) is 0 Å². The van der Waals surface area contributed by atoms with Gasteiger partial charge in [-0.25, -0.2) is 0 Å². The fourth-order valence-electron chi connectivity index (χ4n) is 4.43. The highest BCUT2D eigenvalue weighted by Crippen LogP contribution is 2.29. The first kappa shape index (κ1) is 23.6. The van der Waals surface area contributed by atoms with Gasteiger partial charge >= 0.3 is 0 Å². The van der Waals surface area contributed by atoms with Crippen LogP contribution < -0.4 is 4.90 Å². The molecule has 0 radical (unpaired) electrons. The Morgan fingerprint density at radius 1 is 1.00 bits per heavy atom. The first-order chi connectivity index (χ1) is 16.5.